The average Bonchev–Trinajstić information content (AvgIpc) is 3.07. The van der Waals surface area contributed by atoms with Gasteiger partial charge in [0.2, 0.25) is 10.0 Å². The lowest BCUT2D eigenvalue weighted by Gasteiger charge is -2.27. The van der Waals surface area contributed by atoms with Crippen LogP contribution in [-0.2, 0) is 10.0 Å². The van der Waals surface area contributed by atoms with Crippen molar-refractivity contribution in [3.05, 3.63) is 16.3 Å². The summed E-state index contributed by atoms with van der Waals surface area (Å²) in [5.41, 5.74) is 0.0682. The largest absolute Gasteiger partial charge is 0.477 e. The summed E-state index contributed by atoms with van der Waals surface area (Å²) in [5, 5.41) is 10.2. The van der Waals surface area contributed by atoms with Gasteiger partial charge in [-0.15, -0.1) is 11.3 Å². The Hall–Kier alpha value is -0.920. The molecule has 20 heavy (non-hydrogen) atoms. The van der Waals surface area contributed by atoms with E-state index in [2.05, 4.69) is 11.6 Å². The number of hydrogen-bond donors (Lipinski definition) is 2. The molecular weight excluding hydrogens is 298 g/mol. The van der Waals surface area contributed by atoms with E-state index in [-0.39, 0.29) is 15.2 Å². The highest BCUT2D eigenvalue weighted by molar-refractivity contribution is 7.89. The Morgan fingerprint density at radius 3 is 2.60 bits per heavy atom. The van der Waals surface area contributed by atoms with Crippen LogP contribution in [0.4, 0.5) is 0 Å². The van der Waals surface area contributed by atoms with Gasteiger partial charge in [0.25, 0.3) is 0 Å². The van der Waals surface area contributed by atoms with Crippen molar-refractivity contribution in [3.63, 3.8) is 0 Å². The molecule has 7 heteroatoms. The molecule has 2 N–H and O–H groups in total. The molecule has 5 nitrogen and oxygen atoms in total. The van der Waals surface area contributed by atoms with Crippen LogP contribution in [0.2, 0.25) is 0 Å². The number of carbonyl (C=O) groups is 1. The zero-order chi connectivity index (χ0) is 14.8. The Labute approximate surface area is 123 Å². The minimum Gasteiger partial charge on any atom is -0.477 e. The predicted molar refractivity (Wildman–Crippen MR) is 77.7 cm³/mol. The highest BCUT2D eigenvalue weighted by atomic mass is 32.2. The van der Waals surface area contributed by atoms with Crippen molar-refractivity contribution >= 4 is 27.3 Å². The third kappa shape index (κ3) is 3.21. The van der Waals surface area contributed by atoms with Gasteiger partial charge in [-0.25, -0.2) is 17.9 Å². The fourth-order valence-electron chi connectivity index (χ4n) is 2.68. The highest BCUT2D eigenvalue weighted by Crippen LogP contribution is 2.40. The molecule has 0 aromatic carbocycles. The smallest absolute Gasteiger partial charge is 0.345 e. The molecule has 1 aromatic rings. The monoisotopic (exact) mass is 317 g/mol. The minimum absolute atomic E-state index is 0.0384. The molecule has 1 fully saturated rings. The zero-order valence-electron chi connectivity index (χ0n) is 11.4. The van der Waals surface area contributed by atoms with E-state index in [1.54, 1.807) is 0 Å². The van der Waals surface area contributed by atoms with E-state index in [0.717, 1.165) is 43.4 Å². The van der Waals surface area contributed by atoms with Gasteiger partial charge in [-0.1, -0.05) is 19.8 Å². The minimum atomic E-state index is -3.61. The first-order valence-electron chi connectivity index (χ1n) is 6.70. The first-order valence-corrected chi connectivity index (χ1v) is 9.06. The van der Waals surface area contributed by atoms with Gasteiger partial charge in [0.05, 0.1) is 4.90 Å². The molecule has 0 amide bonds. The number of hydrogen-bond acceptors (Lipinski definition) is 4. The van der Waals surface area contributed by atoms with Crippen molar-refractivity contribution in [2.75, 3.05) is 6.54 Å². The molecule has 0 radical (unpaired) electrons. The fourth-order valence-corrected chi connectivity index (χ4v) is 4.95. The van der Waals surface area contributed by atoms with Crippen molar-refractivity contribution in [1.29, 1.82) is 0 Å². The van der Waals surface area contributed by atoms with Gasteiger partial charge in [0.1, 0.15) is 4.88 Å². The van der Waals surface area contributed by atoms with Crippen molar-refractivity contribution in [1.82, 2.24) is 4.72 Å². The van der Waals surface area contributed by atoms with Crippen molar-refractivity contribution in [3.8, 4) is 0 Å². The summed E-state index contributed by atoms with van der Waals surface area (Å²) < 4.78 is 27.0. The molecule has 1 aliphatic rings. The van der Waals surface area contributed by atoms with Crippen LogP contribution in [0.3, 0.4) is 0 Å². The van der Waals surface area contributed by atoms with E-state index in [9.17, 15) is 13.2 Å². The fraction of sp³-hybridized carbons (Fsp3) is 0.615. The molecule has 0 atom stereocenters. The molecule has 1 aromatic heterocycles. The molecule has 0 spiro atoms. The molecular formula is C13H19NO4S2. The molecule has 112 valence electrons. The van der Waals surface area contributed by atoms with Gasteiger partial charge in [-0.05, 0) is 30.7 Å². The SMILES string of the molecule is CCC1(CNS(=O)(=O)c2csc(C(=O)O)c2)CCCC1. The van der Waals surface area contributed by atoms with Crippen molar-refractivity contribution in [2.45, 2.75) is 43.9 Å². The molecule has 0 aliphatic heterocycles. The first-order chi connectivity index (χ1) is 9.38. The summed E-state index contributed by atoms with van der Waals surface area (Å²) in [6, 6.07) is 1.21. The second-order valence-electron chi connectivity index (χ2n) is 5.34. The second-order valence-corrected chi connectivity index (χ2v) is 8.02. The highest BCUT2D eigenvalue weighted by Gasteiger charge is 2.33. The lowest BCUT2D eigenvalue weighted by molar-refractivity contribution is 0.0702. The molecule has 2 rings (SSSR count). The third-order valence-electron chi connectivity index (χ3n) is 4.15. The van der Waals surface area contributed by atoms with E-state index >= 15 is 0 Å². The third-order valence-corrected chi connectivity index (χ3v) is 6.60. The topological polar surface area (TPSA) is 83.5 Å². The molecule has 1 heterocycles. The van der Waals surface area contributed by atoms with Gasteiger partial charge in [0, 0.05) is 11.9 Å². The molecule has 1 saturated carbocycles. The van der Waals surface area contributed by atoms with E-state index in [4.69, 9.17) is 5.11 Å². The van der Waals surface area contributed by atoms with E-state index < -0.39 is 16.0 Å². The van der Waals surface area contributed by atoms with Crippen LogP contribution in [0.25, 0.3) is 0 Å². The van der Waals surface area contributed by atoms with Gasteiger partial charge in [0.15, 0.2) is 0 Å². The van der Waals surface area contributed by atoms with Gasteiger partial charge >= 0.3 is 5.97 Å². The van der Waals surface area contributed by atoms with Crippen LogP contribution < -0.4 is 4.72 Å². The van der Waals surface area contributed by atoms with Crippen LogP contribution in [0.1, 0.15) is 48.7 Å². The maximum absolute atomic E-state index is 12.2. The van der Waals surface area contributed by atoms with E-state index in [0.29, 0.717) is 6.54 Å². The van der Waals surface area contributed by atoms with Crippen LogP contribution in [-0.4, -0.2) is 26.0 Å². The Morgan fingerprint density at radius 2 is 2.10 bits per heavy atom. The zero-order valence-corrected chi connectivity index (χ0v) is 13.0. The number of aromatic carboxylic acids is 1. The number of sulfonamides is 1. The van der Waals surface area contributed by atoms with Crippen LogP contribution in [0.5, 0.6) is 0 Å². The number of nitrogens with one attached hydrogen (secondary N) is 1. The molecule has 1 aliphatic carbocycles. The Bertz CT molecular complexity index is 585. The van der Waals surface area contributed by atoms with Crippen molar-refractivity contribution in [2.24, 2.45) is 5.41 Å². The number of thiophene rings is 1. The summed E-state index contributed by atoms with van der Waals surface area (Å²) in [5.74, 6) is -1.10. The van der Waals surface area contributed by atoms with E-state index in [1.165, 1.54) is 11.4 Å². The Kier molecular flexibility index (Phi) is 4.51. The summed E-state index contributed by atoms with van der Waals surface area (Å²) in [6.07, 6.45) is 5.36. The maximum Gasteiger partial charge on any atom is 0.345 e. The van der Waals surface area contributed by atoms with Crippen LogP contribution >= 0.6 is 11.3 Å². The van der Waals surface area contributed by atoms with Crippen LogP contribution in [0.15, 0.2) is 16.3 Å². The first kappa shape index (κ1) is 15.5. The Balaban J connectivity index is 2.08. The van der Waals surface area contributed by atoms with Gasteiger partial charge < -0.3 is 5.11 Å². The van der Waals surface area contributed by atoms with E-state index in [1.807, 2.05) is 0 Å². The summed E-state index contributed by atoms with van der Waals surface area (Å²) in [6.45, 7) is 2.52. The summed E-state index contributed by atoms with van der Waals surface area (Å²) in [7, 11) is -3.61. The quantitative estimate of drug-likeness (QED) is 0.845. The lowest BCUT2D eigenvalue weighted by atomic mass is 9.84. The van der Waals surface area contributed by atoms with Gasteiger partial charge in [-0.3, -0.25) is 0 Å². The molecule has 0 bridgehead atoms. The number of carboxylic acids is 1. The Morgan fingerprint density at radius 1 is 1.45 bits per heavy atom. The van der Waals surface area contributed by atoms with Crippen LogP contribution in [0, 0.1) is 5.41 Å². The normalized spacial score (nSPS) is 18.2. The lowest BCUT2D eigenvalue weighted by Crippen LogP contribution is -2.35. The standard InChI is InChI=1S/C13H19NO4S2/c1-2-13(5-3-4-6-13)9-14-20(17,18)10-7-11(12(15)16)19-8-10/h7-8,14H,2-6,9H2,1H3,(H,15,16). The number of carboxylic acid groups (broad SMARTS) is 1. The molecule has 0 unspecified atom stereocenters. The second kappa shape index (κ2) is 5.83. The summed E-state index contributed by atoms with van der Waals surface area (Å²) >= 11 is 0.929. The molecule has 0 saturated heterocycles. The number of rotatable bonds is 6. The predicted octanol–water partition coefficient (Wildman–Crippen LogP) is 2.70. The average molecular weight is 317 g/mol. The van der Waals surface area contributed by atoms with Crippen molar-refractivity contribution < 1.29 is 18.3 Å². The van der Waals surface area contributed by atoms with Gasteiger partial charge in [-0.2, -0.15) is 0 Å². The summed E-state index contributed by atoms with van der Waals surface area (Å²) in [4.78, 5) is 10.9. The maximum atomic E-state index is 12.2.